The molecular weight excluding hydrogens is 288 g/mol. The van der Waals surface area contributed by atoms with Crippen LogP contribution in [0.2, 0.25) is 0 Å². The number of aliphatic hydroxyl groups is 1. The summed E-state index contributed by atoms with van der Waals surface area (Å²) in [6, 6.07) is 7.79. The fourth-order valence-electron chi connectivity index (χ4n) is 1.06. The Labute approximate surface area is 110 Å². The molecule has 2 nitrogen and oxygen atoms in total. The van der Waals surface area contributed by atoms with Crippen molar-refractivity contribution in [3.8, 4) is 5.75 Å². The van der Waals surface area contributed by atoms with Gasteiger partial charge in [0.2, 0.25) is 0 Å². The van der Waals surface area contributed by atoms with E-state index < -0.39 is 0 Å². The SMILES string of the molecule is CC(O)C(C)SCCOc1ccc(Br)cc1. The highest BCUT2D eigenvalue weighted by atomic mass is 79.9. The molecular formula is C12H17BrO2S. The molecule has 0 saturated carbocycles. The van der Waals surface area contributed by atoms with Gasteiger partial charge in [0.05, 0.1) is 12.7 Å². The quantitative estimate of drug-likeness (QED) is 0.818. The van der Waals surface area contributed by atoms with E-state index >= 15 is 0 Å². The molecule has 0 radical (unpaired) electrons. The van der Waals surface area contributed by atoms with E-state index in [4.69, 9.17) is 4.74 Å². The maximum Gasteiger partial charge on any atom is 0.119 e. The van der Waals surface area contributed by atoms with Gasteiger partial charge in [-0.15, -0.1) is 0 Å². The first kappa shape index (κ1) is 13.9. The molecule has 0 fully saturated rings. The Bertz CT molecular complexity index is 300. The van der Waals surface area contributed by atoms with Gasteiger partial charge in [0.15, 0.2) is 0 Å². The largest absolute Gasteiger partial charge is 0.493 e. The van der Waals surface area contributed by atoms with Crippen LogP contribution in [0, 0.1) is 0 Å². The Hall–Kier alpha value is -0.190. The Morgan fingerprint density at radius 2 is 1.94 bits per heavy atom. The van der Waals surface area contributed by atoms with E-state index in [1.54, 1.807) is 11.8 Å². The zero-order valence-electron chi connectivity index (χ0n) is 9.52. The summed E-state index contributed by atoms with van der Waals surface area (Å²) >= 11 is 5.10. The van der Waals surface area contributed by atoms with Gasteiger partial charge in [0.25, 0.3) is 0 Å². The predicted molar refractivity (Wildman–Crippen MR) is 73.2 cm³/mol. The Morgan fingerprint density at radius 1 is 1.31 bits per heavy atom. The van der Waals surface area contributed by atoms with Crippen LogP contribution in [-0.2, 0) is 0 Å². The van der Waals surface area contributed by atoms with Crippen LogP contribution in [0.1, 0.15) is 13.8 Å². The summed E-state index contributed by atoms with van der Waals surface area (Å²) in [5.41, 5.74) is 0. The van der Waals surface area contributed by atoms with E-state index in [1.807, 2.05) is 38.1 Å². The molecule has 0 saturated heterocycles. The molecule has 0 aliphatic heterocycles. The number of benzene rings is 1. The molecule has 0 amide bonds. The van der Waals surface area contributed by atoms with Crippen LogP contribution in [0.5, 0.6) is 5.75 Å². The van der Waals surface area contributed by atoms with Crippen molar-refractivity contribution < 1.29 is 9.84 Å². The molecule has 0 aromatic heterocycles. The third kappa shape index (κ3) is 5.23. The summed E-state index contributed by atoms with van der Waals surface area (Å²) in [4.78, 5) is 0. The molecule has 0 bridgehead atoms. The second-order valence-electron chi connectivity index (χ2n) is 3.62. The van der Waals surface area contributed by atoms with Crippen molar-refractivity contribution in [1.82, 2.24) is 0 Å². The fourth-order valence-corrected chi connectivity index (χ4v) is 2.16. The van der Waals surface area contributed by atoms with Gasteiger partial charge in [-0.25, -0.2) is 0 Å². The number of ether oxygens (including phenoxy) is 1. The van der Waals surface area contributed by atoms with Crippen LogP contribution in [0.25, 0.3) is 0 Å². The molecule has 1 aromatic carbocycles. The maximum atomic E-state index is 9.30. The summed E-state index contributed by atoms with van der Waals surface area (Å²) in [6.07, 6.45) is -0.266. The van der Waals surface area contributed by atoms with Crippen molar-refractivity contribution >= 4 is 27.7 Å². The highest BCUT2D eigenvalue weighted by molar-refractivity contribution is 9.10. The Balaban J connectivity index is 2.18. The second-order valence-corrected chi connectivity index (χ2v) is 6.02. The molecule has 1 aromatic rings. The molecule has 0 spiro atoms. The van der Waals surface area contributed by atoms with Crippen LogP contribution < -0.4 is 4.74 Å². The predicted octanol–water partition coefficient (Wildman–Crippen LogP) is 3.33. The Morgan fingerprint density at radius 3 is 2.50 bits per heavy atom. The number of thioether (sulfide) groups is 1. The lowest BCUT2D eigenvalue weighted by Crippen LogP contribution is -2.17. The van der Waals surface area contributed by atoms with Crippen molar-refractivity contribution in [2.45, 2.75) is 25.2 Å². The van der Waals surface area contributed by atoms with Gasteiger partial charge in [0.1, 0.15) is 5.75 Å². The Kier molecular flexibility index (Phi) is 6.24. The van der Waals surface area contributed by atoms with E-state index in [-0.39, 0.29) is 11.4 Å². The molecule has 16 heavy (non-hydrogen) atoms. The van der Waals surface area contributed by atoms with Crippen LogP contribution >= 0.6 is 27.7 Å². The molecule has 2 unspecified atom stereocenters. The first-order valence-electron chi connectivity index (χ1n) is 5.27. The zero-order chi connectivity index (χ0) is 12.0. The van der Waals surface area contributed by atoms with E-state index in [1.165, 1.54) is 0 Å². The minimum absolute atomic E-state index is 0.258. The summed E-state index contributed by atoms with van der Waals surface area (Å²) in [7, 11) is 0. The second kappa shape index (κ2) is 7.20. The lowest BCUT2D eigenvalue weighted by atomic mass is 10.3. The maximum absolute atomic E-state index is 9.30. The monoisotopic (exact) mass is 304 g/mol. The van der Waals surface area contributed by atoms with Crippen molar-refractivity contribution in [3.05, 3.63) is 28.7 Å². The smallest absolute Gasteiger partial charge is 0.119 e. The van der Waals surface area contributed by atoms with Gasteiger partial charge in [0, 0.05) is 15.5 Å². The highest BCUT2D eigenvalue weighted by Crippen LogP contribution is 2.17. The number of hydrogen-bond acceptors (Lipinski definition) is 3. The third-order valence-corrected chi connectivity index (χ3v) is 4.08. The summed E-state index contributed by atoms with van der Waals surface area (Å²) in [5, 5.41) is 9.56. The van der Waals surface area contributed by atoms with Gasteiger partial charge in [-0.3, -0.25) is 0 Å². The van der Waals surface area contributed by atoms with Gasteiger partial charge in [-0.2, -0.15) is 11.8 Å². The normalized spacial score (nSPS) is 14.5. The minimum atomic E-state index is -0.266. The summed E-state index contributed by atoms with van der Waals surface area (Å²) in [6.45, 7) is 4.51. The first-order chi connectivity index (χ1) is 7.59. The molecule has 2 atom stereocenters. The third-order valence-electron chi connectivity index (χ3n) is 2.23. The summed E-state index contributed by atoms with van der Waals surface area (Å²) in [5.74, 6) is 1.77. The molecule has 0 heterocycles. The first-order valence-corrected chi connectivity index (χ1v) is 7.12. The molecule has 90 valence electrons. The van der Waals surface area contributed by atoms with Crippen LogP contribution in [-0.4, -0.2) is 28.8 Å². The van der Waals surface area contributed by atoms with E-state index in [0.717, 1.165) is 16.0 Å². The molecule has 1 N–H and O–H groups in total. The molecule has 4 heteroatoms. The minimum Gasteiger partial charge on any atom is -0.493 e. The number of rotatable bonds is 6. The molecule has 0 aliphatic rings. The van der Waals surface area contributed by atoms with Gasteiger partial charge >= 0.3 is 0 Å². The van der Waals surface area contributed by atoms with Crippen LogP contribution in [0.15, 0.2) is 28.7 Å². The van der Waals surface area contributed by atoms with E-state index in [2.05, 4.69) is 15.9 Å². The molecule has 0 aliphatic carbocycles. The van der Waals surface area contributed by atoms with Gasteiger partial charge < -0.3 is 9.84 Å². The lowest BCUT2D eigenvalue weighted by molar-refractivity contribution is 0.196. The highest BCUT2D eigenvalue weighted by Gasteiger charge is 2.08. The van der Waals surface area contributed by atoms with E-state index in [0.29, 0.717) is 6.61 Å². The number of hydrogen-bond donors (Lipinski definition) is 1. The number of aliphatic hydroxyl groups excluding tert-OH is 1. The van der Waals surface area contributed by atoms with Gasteiger partial charge in [-0.1, -0.05) is 22.9 Å². The fraction of sp³-hybridized carbons (Fsp3) is 0.500. The number of halogens is 1. The van der Waals surface area contributed by atoms with Crippen molar-refractivity contribution in [1.29, 1.82) is 0 Å². The zero-order valence-corrected chi connectivity index (χ0v) is 11.9. The van der Waals surface area contributed by atoms with Crippen LogP contribution in [0.3, 0.4) is 0 Å². The van der Waals surface area contributed by atoms with Gasteiger partial charge in [-0.05, 0) is 31.2 Å². The van der Waals surface area contributed by atoms with E-state index in [9.17, 15) is 5.11 Å². The summed E-state index contributed by atoms with van der Waals surface area (Å²) < 4.78 is 6.62. The standard InChI is InChI=1S/C12H17BrO2S/c1-9(14)10(2)16-8-7-15-12-5-3-11(13)4-6-12/h3-6,9-10,14H,7-8H2,1-2H3. The molecule has 1 rings (SSSR count). The average Bonchev–Trinajstić information content (AvgIpc) is 2.26. The topological polar surface area (TPSA) is 29.5 Å². The average molecular weight is 305 g/mol. The van der Waals surface area contributed by atoms with Crippen LogP contribution in [0.4, 0.5) is 0 Å². The van der Waals surface area contributed by atoms with Crippen molar-refractivity contribution in [3.63, 3.8) is 0 Å². The lowest BCUT2D eigenvalue weighted by Gasteiger charge is -2.14. The van der Waals surface area contributed by atoms with Crippen molar-refractivity contribution in [2.24, 2.45) is 0 Å². The van der Waals surface area contributed by atoms with Crippen molar-refractivity contribution in [2.75, 3.05) is 12.4 Å².